The lowest BCUT2D eigenvalue weighted by Gasteiger charge is -2.20. The third-order valence-corrected chi connectivity index (χ3v) is 3.18. The zero-order valence-electron chi connectivity index (χ0n) is 10.1. The quantitative estimate of drug-likeness (QED) is 0.346. The number of nitriles is 1. The number of nitrogens with zero attached hydrogens (tertiary/aromatic N) is 1. The molecule has 98 valence electrons. The molecule has 0 fully saturated rings. The zero-order chi connectivity index (χ0) is 13.5. The molecule has 0 heterocycles. The highest BCUT2D eigenvalue weighted by Gasteiger charge is 2.20. The van der Waals surface area contributed by atoms with Gasteiger partial charge in [0.05, 0.1) is 6.10 Å². The number of thiocyanates is 1. The molecule has 1 aromatic carbocycles. The van der Waals surface area contributed by atoms with E-state index in [1.807, 2.05) is 5.40 Å². The van der Waals surface area contributed by atoms with E-state index in [2.05, 4.69) is 5.32 Å². The molecule has 0 aromatic heterocycles. The Hall–Kier alpha value is -1.26. The number of aliphatic hydroxyl groups excluding tert-OH is 2. The highest BCUT2D eigenvalue weighted by atomic mass is 32.2. The van der Waals surface area contributed by atoms with E-state index < -0.39 is 12.2 Å². The summed E-state index contributed by atoms with van der Waals surface area (Å²) in [5.74, 6) is 0. The number of thioether (sulfide) groups is 1. The molecule has 1 rings (SSSR count). The molecule has 1 aromatic rings. The zero-order valence-corrected chi connectivity index (χ0v) is 10.9. The average molecular weight is 267 g/mol. The lowest BCUT2D eigenvalue weighted by atomic mass is 10.0. The van der Waals surface area contributed by atoms with Gasteiger partial charge in [-0.05, 0) is 50.0 Å². The highest BCUT2D eigenvalue weighted by Crippen LogP contribution is 2.29. The van der Waals surface area contributed by atoms with Crippen molar-refractivity contribution in [3.63, 3.8) is 0 Å². The molecular weight excluding hydrogens is 250 g/mol. The molecular formula is C12H17N3O2S. The van der Waals surface area contributed by atoms with Crippen LogP contribution in [0.5, 0.6) is 0 Å². The summed E-state index contributed by atoms with van der Waals surface area (Å²) in [5, 5.41) is 33.3. The Morgan fingerprint density at radius 1 is 1.50 bits per heavy atom. The van der Waals surface area contributed by atoms with Gasteiger partial charge in [-0.15, -0.1) is 0 Å². The molecule has 0 radical (unpaired) electrons. The molecule has 5 N–H and O–H groups in total. The summed E-state index contributed by atoms with van der Waals surface area (Å²) in [5.41, 5.74) is 6.64. The molecule has 0 saturated carbocycles. The minimum absolute atomic E-state index is 0.410. The van der Waals surface area contributed by atoms with Gasteiger partial charge in [0, 0.05) is 16.1 Å². The van der Waals surface area contributed by atoms with E-state index >= 15 is 0 Å². The predicted molar refractivity (Wildman–Crippen MR) is 71.8 cm³/mol. The first-order chi connectivity index (χ1) is 8.60. The second kappa shape index (κ2) is 7.24. The van der Waals surface area contributed by atoms with Crippen LogP contribution in [0.25, 0.3) is 0 Å². The van der Waals surface area contributed by atoms with Gasteiger partial charge in [0.15, 0.2) is 0 Å². The maximum atomic E-state index is 10.0. The molecule has 0 saturated heterocycles. The van der Waals surface area contributed by atoms with Crippen LogP contribution in [0, 0.1) is 10.7 Å². The molecule has 2 atom stereocenters. The van der Waals surface area contributed by atoms with E-state index in [4.69, 9.17) is 11.0 Å². The molecule has 5 nitrogen and oxygen atoms in total. The van der Waals surface area contributed by atoms with Gasteiger partial charge in [-0.3, -0.25) is 0 Å². The lowest BCUT2D eigenvalue weighted by Crippen LogP contribution is -2.24. The summed E-state index contributed by atoms with van der Waals surface area (Å²) >= 11 is 0.990. The lowest BCUT2D eigenvalue weighted by molar-refractivity contribution is 0.0143. The number of hydrogen-bond acceptors (Lipinski definition) is 6. The van der Waals surface area contributed by atoms with Crippen molar-refractivity contribution in [3.8, 4) is 5.40 Å². The van der Waals surface area contributed by atoms with E-state index in [0.29, 0.717) is 29.1 Å². The Balaban J connectivity index is 2.86. The van der Waals surface area contributed by atoms with Crippen LogP contribution in [-0.4, -0.2) is 29.9 Å². The average Bonchev–Trinajstić information content (AvgIpc) is 2.37. The van der Waals surface area contributed by atoms with E-state index in [-0.39, 0.29) is 0 Å². The topological polar surface area (TPSA) is 102 Å². The first kappa shape index (κ1) is 14.8. The van der Waals surface area contributed by atoms with Gasteiger partial charge in [0.2, 0.25) is 0 Å². The van der Waals surface area contributed by atoms with Crippen molar-refractivity contribution in [2.45, 2.75) is 23.5 Å². The molecule has 2 unspecified atom stereocenters. The first-order valence-electron chi connectivity index (χ1n) is 5.56. The SMILES string of the molecule is CNCCC(O)C(O)c1cc(SC#N)ccc1N. The summed E-state index contributed by atoms with van der Waals surface area (Å²) < 4.78 is 0. The van der Waals surface area contributed by atoms with Crippen LogP contribution in [0.3, 0.4) is 0 Å². The van der Waals surface area contributed by atoms with Crippen molar-refractivity contribution in [1.29, 1.82) is 5.26 Å². The number of rotatable bonds is 6. The van der Waals surface area contributed by atoms with Crippen LogP contribution in [0.2, 0.25) is 0 Å². The van der Waals surface area contributed by atoms with Gasteiger partial charge in [-0.1, -0.05) is 0 Å². The van der Waals surface area contributed by atoms with Crippen molar-refractivity contribution in [2.24, 2.45) is 0 Å². The molecule has 0 spiro atoms. The summed E-state index contributed by atoms with van der Waals surface area (Å²) in [7, 11) is 1.78. The fourth-order valence-electron chi connectivity index (χ4n) is 1.58. The number of nitrogens with one attached hydrogen (secondary N) is 1. The third-order valence-electron chi connectivity index (χ3n) is 2.59. The van der Waals surface area contributed by atoms with Gasteiger partial charge in [0.25, 0.3) is 0 Å². The Labute approximate surface area is 111 Å². The molecule has 0 aliphatic rings. The van der Waals surface area contributed by atoms with Crippen LogP contribution in [0.15, 0.2) is 23.1 Å². The summed E-state index contributed by atoms with van der Waals surface area (Å²) in [4.78, 5) is 0.696. The normalized spacial score (nSPS) is 13.9. The molecule has 0 amide bonds. The van der Waals surface area contributed by atoms with E-state index in [1.165, 1.54) is 0 Å². The number of nitrogen functional groups attached to an aromatic ring is 1. The Morgan fingerprint density at radius 3 is 2.83 bits per heavy atom. The second-order valence-electron chi connectivity index (χ2n) is 3.89. The van der Waals surface area contributed by atoms with Crippen molar-refractivity contribution >= 4 is 17.4 Å². The van der Waals surface area contributed by atoms with Crippen LogP contribution < -0.4 is 11.1 Å². The standard InChI is InChI=1S/C12H17N3O2S/c1-15-5-4-11(16)12(17)9-6-8(18-7-13)2-3-10(9)14/h2-3,6,11-12,15-17H,4-5,14H2,1H3. The van der Waals surface area contributed by atoms with Crippen LogP contribution in [0.1, 0.15) is 18.1 Å². The van der Waals surface area contributed by atoms with E-state index in [0.717, 1.165) is 11.8 Å². The third kappa shape index (κ3) is 3.89. The predicted octanol–water partition coefficient (Wildman–Crippen LogP) is 0.846. The van der Waals surface area contributed by atoms with Gasteiger partial charge in [-0.2, -0.15) is 5.26 Å². The maximum Gasteiger partial charge on any atom is 0.138 e. The smallest absolute Gasteiger partial charge is 0.138 e. The largest absolute Gasteiger partial charge is 0.398 e. The summed E-state index contributed by atoms with van der Waals surface area (Å²) in [6.07, 6.45) is -1.51. The molecule has 18 heavy (non-hydrogen) atoms. The molecule has 6 heteroatoms. The number of aliphatic hydroxyl groups is 2. The minimum atomic E-state index is -1.04. The molecule has 0 aliphatic heterocycles. The molecule has 0 aliphatic carbocycles. The van der Waals surface area contributed by atoms with Gasteiger partial charge in [0.1, 0.15) is 11.5 Å². The fraction of sp³-hybridized carbons (Fsp3) is 0.417. The maximum absolute atomic E-state index is 10.0. The van der Waals surface area contributed by atoms with Gasteiger partial charge < -0.3 is 21.3 Å². The summed E-state index contributed by atoms with van der Waals surface area (Å²) in [6, 6.07) is 4.97. The van der Waals surface area contributed by atoms with Gasteiger partial charge >= 0.3 is 0 Å². The van der Waals surface area contributed by atoms with Crippen LogP contribution in [-0.2, 0) is 0 Å². The van der Waals surface area contributed by atoms with Crippen LogP contribution >= 0.6 is 11.8 Å². The van der Waals surface area contributed by atoms with Crippen molar-refractivity contribution < 1.29 is 10.2 Å². The second-order valence-corrected chi connectivity index (χ2v) is 4.75. The highest BCUT2D eigenvalue weighted by molar-refractivity contribution is 8.03. The van der Waals surface area contributed by atoms with Crippen molar-refractivity contribution in [2.75, 3.05) is 19.3 Å². The summed E-state index contributed by atoms with van der Waals surface area (Å²) in [6.45, 7) is 0.602. The van der Waals surface area contributed by atoms with Crippen molar-refractivity contribution in [1.82, 2.24) is 5.32 Å². The van der Waals surface area contributed by atoms with Crippen LogP contribution in [0.4, 0.5) is 5.69 Å². The molecule has 0 bridgehead atoms. The Kier molecular flexibility index (Phi) is 5.95. The number of hydrogen-bond donors (Lipinski definition) is 4. The first-order valence-corrected chi connectivity index (χ1v) is 6.38. The monoisotopic (exact) mass is 267 g/mol. The van der Waals surface area contributed by atoms with E-state index in [9.17, 15) is 10.2 Å². The Morgan fingerprint density at radius 2 is 2.22 bits per heavy atom. The minimum Gasteiger partial charge on any atom is -0.398 e. The number of anilines is 1. The van der Waals surface area contributed by atoms with Crippen molar-refractivity contribution in [3.05, 3.63) is 23.8 Å². The number of nitrogens with two attached hydrogens (primary N) is 1. The fourth-order valence-corrected chi connectivity index (χ4v) is 2.01. The van der Waals surface area contributed by atoms with E-state index in [1.54, 1.807) is 25.2 Å². The van der Waals surface area contributed by atoms with Gasteiger partial charge in [-0.25, -0.2) is 0 Å². The number of benzene rings is 1. The Bertz CT molecular complexity index is 434.